The highest BCUT2D eigenvalue weighted by atomic mass is 16.7. The summed E-state index contributed by atoms with van der Waals surface area (Å²) in [4.78, 5) is 23.5. The van der Waals surface area contributed by atoms with Gasteiger partial charge in [0, 0.05) is 12.0 Å². The van der Waals surface area contributed by atoms with Gasteiger partial charge < -0.3 is 18.9 Å². The smallest absolute Gasteiger partial charge is 0.335 e. The number of esters is 1. The van der Waals surface area contributed by atoms with Crippen LogP contribution < -0.4 is 9.47 Å². The maximum atomic E-state index is 12.0. The second-order valence-electron chi connectivity index (χ2n) is 4.31. The molecule has 0 fully saturated rings. The number of fused-ring (bicyclic) bond motifs is 2. The molecule has 0 radical (unpaired) electrons. The summed E-state index contributed by atoms with van der Waals surface area (Å²) in [6.07, 6.45) is -0.486. The molecule has 0 N–H and O–H groups in total. The minimum absolute atomic E-state index is 0.142. The molecule has 1 unspecified atom stereocenters. The van der Waals surface area contributed by atoms with Gasteiger partial charge in [-0.1, -0.05) is 0 Å². The molecule has 3 rings (SSSR count). The van der Waals surface area contributed by atoms with Crippen LogP contribution in [0.25, 0.3) is 0 Å². The van der Waals surface area contributed by atoms with Crippen molar-refractivity contribution < 1.29 is 28.5 Å². The van der Waals surface area contributed by atoms with Crippen molar-refractivity contribution in [3.63, 3.8) is 0 Å². The minimum atomic E-state index is -0.768. The molecule has 6 nitrogen and oxygen atoms in total. The van der Waals surface area contributed by atoms with Crippen molar-refractivity contribution in [3.8, 4) is 11.5 Å². The fourth-order valence-electron chi connectivity index (χ4n) is 2.21. The van der Waals surface area contributed by atoms with Crippen LogP contribution >= 0.6 is 0 Å². The Hall–Kier alpha value is -2.08. The van der Waals surface area contributed by atoms with Crippen LogP contribution in [0.2, 0.25) is 0 Å². The van der Waals surface area contributed by atoms with Crippen LogP contribution in [0.3, 0.4) is 0 Å². The second-order valence-corrected chi connectivity index (χ2v) is 4.31. The third-order valence-corrected chi connectivity index (χ3v) is 3.18. The number of ketones is 1. The van der Waals surface area contributed by atoms with Crippen LogP contribution in [0.1, 0.15) is 15.9 Å². The van der Waals surface area contributed by atoms with E-state index >= 15 is 0 Å². The molecule has 0 aromatic heterocycles. The fourth-order valence-corrected chi connectivity index (χ4v) is 2.21. The van der Waals surface area contributed by atoms with E-state index in [4.69, 9.17) is 14.2 Å². The normalized spacial score (nSPS) is 20.7. The molecule has 100 valence electrons. The number of methoxy groups -OCH3 is 1. The number of carbonyl (C=O) groups is 2. The molecule has 0 spiro atoms. The highest BCUT2D eigenvalue weighted by molar-refractivity contribution is 6.00. The fraction of sp³-hybridized carbons (Fsp3) is 0.385. The molecular formula is C13H12O6. The molecule has 2 aliphatic rings. The van der Waals surface area contributed by atoms with Crippen LogP contribution in [0.4, 0.5) is 0 Å². The summed E-state index contributed by atoms with van der Waals surface area (Å²) < 4.78 is 20.4. The Labute approximate surface area is 109 Å². The number of carbonyl (C=O) groups excluding carboxylic acids is 2. The average Bonchev–Trinajstić information content (AvgIpc) is 2.81. The van der Waals surface area contributed by atoms with E-state index in [0.717, 1.165) is 0 Å². The van der Waals surface area contributed by atoms with Crippen LogP contribution in [-0.4, -0.2) is 38.4 Å². The Morgan fingerprint density at radius 1 is 1.32 bits per heavy atom. The first kappa shape index (κ1) is 12.0. The summed E-state index contributed by atoms with van der Waals surface area (Å²) in [5.41, 5.74) is 1.22. The molecule has 0 amide bonds. The van der Waals surface area contributed by atoms with E-state index in [0.29, 0.717) is 22.6 Å². The molecular weight excluding hydrogens is 252 g/mol. The van der Waals surface area contributed by atoms with Crippen molar-refractivity contribution in [2.45, 2.75) is 12.5 Å². The lowest BCUT2D eigenvalue weighted by atomic mass is 9.99. The van der Waals surface area contributed by atoms with Gasteiger partial charge in [-0.15, -0.1) is 0 Å². The first-order valence-electron chi connectivity index (χ1n) is 5.84. The third kappa shape index (κ3) is 2.04. The Balaban J connectivity index is 2.00. The van der Waals surface area contributed by atoms with Gasteiger partial charge in [-0.05, 0) is 17.7 Å². The van der Waals surface area contributed by atoms with Crippen LogP contribution in [0.15, 0.2) is 12.1 Å². The van der Waals surface area contributed by atoms with E-state index < -0.39 is 12.1 Å². The van der Waals surface area contributed by atoms with Crippen molar-refractivity contribution in [1.82, 2.24) is 0 Å². The Kier molecular flexibility index (Phi) is 2.87. The van der Waals surface area contributed by atoms with Gasteiger partial charge >= 0.3 is 5.97 Å². The topological polar surface area (TPSA) is 71.1 Å². The summed E-state index contributed by atoms with van der Waals surface area (Å²) in [6.45, 7) is -0.00421. The molecule has 19 heavy (non-hydrogen) atoms. The zero-order valence-electron chi connectivity index (χ0n) is 10.3. The quantitative estimate of drug-likeness (QED) is 0.696. The number of Topliss-reactive ketones (excluding diaryl/α,β-unsaturated/α-hetero) is 1. The lowest BCUT2D eigenvalue weighted by Gasteiger charge is -2.12. The monoisotopic (exact) mass is 264 g/mol. The maximum absolute atomic E-state index is 12.0. The van der Waals surface area contributed by atoms with E-state index in [1.54, 1.807) is 12.1 Å². The van der Waals surface area contributed by atoms with Crippen LogP contribution in [-0.2, 0) is 20.7 Å². The van der Waals surface area contributed by atoms with E-state index in [2.05, 4.69) is 4.74 Å². The van der Waals surface area contributed by atoms with Gasteiger partial charge in [0.25, 0.3) is 0 Å². The van der Waals surface area contributed by atoms with E-state index in [-0.39, 0.29) is 25.6 Å². The minimum Gasteiger partial charge on any atom is -0.467 e. The number of hydrogen-bond donors (Lipinski definition) is 0. The van der Waals surface area contributed by atoms with E-state index in [1.165, 1.54) is 7.11 Å². The number of hydrogen-bond acceptors (Lipinski definition) is 6. The highest BCUT2D eigenvalue weighted by Crippen LogP contribution is 2.36. The van der Waals surface area contributed by atoms with Crippen molar-refractivity contribution in [1.29, 1.82) is 0 Å². The Morgan fingerprint density at radius 2 is 2.05 bits per heavy atom. The van der Waals surface area contributed by atoms with E-state index in [1.807, 2.05) is 0 Å². The van der Waals surface area contributed by atoms with Gasteiger partial charge in [-0.25, -0.2) is 4.79 Å². The van der Waals surface area contributed by atoms with Gasteiger partial charge in [0.15, 0.2) is 23.4 Å². The Morgan fingerprint density at radius 3 is 2.79 bits per heavy atom. The zero-order chi connectivity index (χ0) is 13.4. The van der Waals surface area contributed by atoms with Gasteiger partial charge in [-0.2, -0.15) is 0 Å². The van der Waals surface area contributed by atoms with Gasteiger partial charge in [-0.3, -0.25) is 4.79 Å². The first-order chi connectivity index (χ1) is 9.19. The molecule has 1 aromatic rings. The SMILES string of the molecule is COC(=O)C1Cc2cc3c(cc2C(=O)CO1)OCO3. The summed E-state index contributed by atoms with van der Waals surface area (Å²) in [5.74, 6) is 0.457. The summed E-state index contributed by atoms with van der Waals surface area (Å²) in [6, 6.07) is 3.36. The lowest BCUT2D eigenvalue weighted by Crippen LogP contribution is -2.27. The molecule has 1 aromatic carbocycles. The molecule has 2 heterocycles. The number of rotatable bonds is 1. The van der Waals surface area contributed by atoms with Crippen molar-refractivity contribution in [2.75, 3.05) is 20.5 Å². The molecule has 6 heteroatoms. The van der Waals surface area contributed by atoms with E-state index in [9.17, 15) is 9.59 Å². The lowest BCUT2D eigenvalue weighted by molar-refractivity contribution is -0.153. The Bertz CT molecular complexity index is 550. The maximum Gasteiger partial charge on any atom is 0.335 e. The average molecular weight is 264 g/mol. The predicted octanol–water partition coefficient (Wildman–Crippen LogP) is 0.712. The summed E-state index contributed by atoms with van der Waals surface area (Å²) in [7, 11) is 1.29. The number of ether oxygens (including phenoxy) is 4. The van der Waals surface area contributed by atoms with Gasteiger partial charge in [0.1, 0.15) is 6.61 Å². The molecule has 0 saturated carbocycles. The van der Waals surface area contributed by atoms with Gasteiger partial charge in [0.05, 0.1) is 7.11 Å². The highest BCUT2D eigenvalue weighted by Gasteiger charge is 2.30. The summed E-state index contributed by atoms with van der Waals surface area (Å²) >= 11 is 0. The summed E-state index contributed by atoms with van der Waals surface area (Å²) in [5, 5.41) is 0. The molecule has 1 atom stereocenters. The second kappa shape index (κ2) is 4.55. The molecule has 2 aliphatic heterocycles. The predicted molar refractivity (Wildman–Crippen MR) is 62.4 cm³/mol. The van der Waals surface area contributed by atoms with Crippen molar-refractivity contribution >= 4 is 11.8 Å². The van der Waals surface area contributed by atoms with Crippen molar-refractivity contribution in [2.24, 2.45) is 0 Å². The van der Waals surface area contributed by atoms with Crippen LogP contribution in [0.5, 0.6) is 11.5 Å². The largest absolute Gasteiger partial charge is 0.467 e. The standard InChI is InChI=1S/C13H12O6/c1-16-13(15)12-3-7-2-10-11(19-6-18-10)4-8(7)9(14)5-17-12/h2,4,12H,3,5-6H2,1H3. The molecule has 0 aliphatic carbocycles. The van der Waals surface area contributed by atoms with Crippen molar-refractivity contribution in [3.05, 3.63) is 23.3 Å². The molecule has 0 saturated heterocycles. The first-order valence-corrected chi connectivity index (χ1v) is 5.84. The van der Waals surface area contributed by atoms with Gasteiger partial charge in [0.2, 0.25) is 6.79 Å². The molecule has 0 bridgehead atoms. The van der Waals surface area contributed by atoms with Crippen LogP contribution in [0, 0.1) is 0 Å². The third-order valence-electron chi connectivity index (χ3n) is 3.18. The number of benzene rings is 1. The zero-order valence-corrected chi connectivity index (χ0v) is 10.3.